The summed E-state index contributed by atoms with van der Waals surface area (Å²) in [5, 5.41) is 36.2. The van der Waals surface area contributed by atoms with Crippen LogP contribution in [0, 0.1) is 0 Å². The van der Waals surface area contributed by atoms with Crippen molar-refractivity contribution in [3.05, 3.63) is 0 Å². The molecule has 0 spiro atoms. The summed E-state index contributed by atoms with van der Waals surface area (Å²) in [7, 11) is 0. The maximum absolute atomic E-state index is 9.06. The molecule has 4 nitrogen and oxygen atoms in total. The predicted molar refractivity (Wildman–Crippen MR) is 97.5 cm³/mol. The molecule has 136 valence electrons. The average molecular weight is 359 g/mol. The van der Waals surface area contributed by atoms with Gasteiger partial charge >= 0.3 is 140 Å². The van der Waals surface area contributed by atoms with E-state index in [1.165, 1.54) is 0 Å². The fourth-order valence-electron chi connectivity index (χ4n) is 3.15. The van der Waals surface area contributed by atoms with Crippen LogP contribution < -0.4 is 0 Å². The molecule has 6 heteroatoms. The third-order valence-corrected chi connectivity index (χ3v) is 12.3. The molecule has 0 unspecified atom stereocenters. The van der Waals surface area contributed by atoms with E-state index in [4.69, 9.17) is 31.7 Å². The molecule has 4 N–H and O–H groups in total. The van der Waals surface area contributed by atoms with Crippen LogP contribution in [-0.2, 0) is 0 Å². The van der Waals surface area contributed by atoms with Gasteiger partial charge in [-0.25, -0.2) is 0 Å². The molecule has 0 rings (SSSR count). The molecule has 0 aliphatic heterocycles. The molecule has 0 amide bonds. The van der Waals surface area contributed by atoms with E-state index in [-0.39, 0.29) is 26.4 Å². The van der Waals surface area contributed by atoms with Crippen molar-refractivity contribution in [1.82, 2.24) is 0 Å². The molecule has 0 radical (unpaired) electrons. The van der Waals surface area contributed by atoms with E-state index in [1.54, 1.807) is 0 Å². The van der Waals surface area contributed by atoms with Crippen molar-refractivity contribution in [1.29, 1.82) is 0 Å². The number of halogens is 1. The Morgan fingerprint density at radius 1 is 0.455 bits per heavy atom. The molecule has 0 saturated heterocycles. The van der Waals surface area contributed by atoms with E-state index < -0.39 is 5.96 Å². The standard InChI is InChI=1S/C16H36ClO4P/c17-22(13-5-1-9-18,14-6-2-10-19,15-7-3-11-20)16-8-4-12-21/h18-21H,1-16H2. The number of unbranched alkanes of at least 4 members (excludes halogenated alkanes) is 4. The third kappa shape index (κ3) is 9.64. The molecule has 0 aliphatic carbocycles. The maximum atomic E-state index is 9.06. The van der Waals surface area contributed by atoms with Crippen molar-refractivity contribution in [2.75, 3.05) is 51.1 Å². The second kappa shape index (κ2) is 12.9. The van der Waals surface area contributed by atoms with Gasteiger partial charge in [-0.1, -0.05) is 0 Å². The molecule has 0 atom stereocenters. The number of hydrogen-bond acceptors (Lipinski definition) is 4. The van der Waals surface area contributed by atoms with Gasteiger partial charge in [0.05, 0.1) is 0 Å². The van der Waals surface area contributed by atoms with Crippen LogP contribution in [0.2, 0.25) is 0 Å². The van der Waals surface area contributed by atoms with Gasteiger partial charge in [0.15, 0.2) is 0 Å². The number of rotatable bonds is 16. The Balaban J connectivity index is 4.89. The van der Waals surface area contributed by atoms with Crippen molar-refractivity contribution in [3.63, 3.8) is 0 Å². The fourth-order valence-corrected chi connectivity index (χ4v) is 9.98. The van der Waals surface area contributed by atoms with Gasteiger partial charge in [-0.3, -0.25) is 0 Å². The summed E-state index contributed by atoms with van der Waals surface area (Å²) in [6, 6.07) is 0. The second-order valence-corrected chi connectivity index (χ2v) is 14.7. The monoisotopic (exact) mass is 358 g/mol. The molecular weight excluding hydrogens is 323 g/mol. The first kappa shape index (κ1) is 22.6. The summed E-state index contributed by atoms with van der Waals surface area (Å²) < 4.78 is 0. The molecule has 0 aromatic carbocycles. The molecule has 0 fully saturated rings. The topological polar surface area (TPSA) is 80.9 Å². The molecule has 0 saturated carbocycles. The molecule has 0 aromatic heterocycles. The minimum absolute atomic E-state index is 0.202. The van der Waals surface area contributed by atoms with Gasteiger partial charge in [0.1, 0.15) is 0 Å². The van der Waals surface area contributed by atoms with Crippen LogP contribution in [0.3, 0.4) is 0 Å². The van der Waals surface area contributed by atoms with Gasteiger partial charge in [0, 0.05) is 0 Å². The fraction of sp³-hybridized carbons (Fsp3) is 1.00. The molecular formula is C16H36ClO4P. The van der Waals surface area contributed by atoms with E-state index >= 15 is 0 Å². The summed E-state index contributed by atoms with van der Waals surface area (Å²) in [5.41, 5.74) is 0. The first-order chi connectivity index (χ1) is 10.5. The zero-order chi connectivity index (χ0) is 16.8. The summed E-state index contributed by atoms with van der Waals surface area (Å²) in [5.74, 6) is -2.40. The van der Waals surface area contributed by atoms with Crippen molar-refractivity contribution < 1.29 is 20.4 Å². The van der Waals surface area contributed by atoms with Gasteiger partial charge in [-0.2, -0.15) is 0 Å². The number of hydrogen-bond donors (Lipinski definition) is 4. The van der Waals surface area contributed by atoms with E-state index in [0.29, 0.717) is 0 Å². The minimum atomic E-state index is -2.40. The van der Waals surface area contributed by atoms with E-state index in [9.17, 15) is 0 Å². The van der Waals surface area contributed by atoms with Crippen LogP contribution in [0.25, 0.3) is 0 Å². The average Bonchev–Trinajstić information content (AvgIpc) is 2.49. The van der Waals surface area contributed by atoms with Gasteiger partial charge in [-0.05, 0) is 0 Å². The van der Waals surface area contributed by atoms with Gasteiger partial charge in [0.25, 0.3) is 0 Å². The quantitative estimate of drug-likeness (QED) is 0.252. The van der Waals surface area contributed by atoms with Crippen molar-refractivity contribution in [3.8, 4) is 0 Å². The first-order valence-electron chi connectivity index (χ1n) is 8.70. The zero-order valence-corrected chi connectivity index (χ0v) is 15.6. The molecule has 0 aliphatic rings. The summed E-state index contributed by atoms with van der Waals surface area (Å²) in [4.78, 5) is 0. The Hall–Kier alpha value is 0.560. The van der Waals surface area contributed by atoms with Gasteiger partial charge < -0.3 is 0 Å². The van der Waals surface area contributed by atoms with Crippen LogP contribution in [0.5, 0.6) is 0 Å². The summed E-state index contributed by atoms with van der Waals surface area (Å²) >= 11 is 7.34. The second-order valence-electron chi connectivity index (χ2n) is 6.44. The van der Waals surface area contributed by atoms with Crippen LogP contribution in [0.15, 0.2) is 0 Å². The number of aliphatic hydroxyl groups is 4. The van der Waals surface area contributed by atoms with E-state index in [2.05, 4.69) is 0 Å². The van der Waals surface area contributed by atoms with Crippen molar-refractivity contribution >= 4 is 17.2 Å². The van der Waals surface area contributed by atoms with Crippen molar-refractivity contribution in [2.45, 2.75) is 51.4 Å². The van der Waals surface area contributed by atoms with Gasteiger partial charge in [-0.15, -0.1) is 0 Å². The van der Waals surface area contributed by atoms with E-state index in [0.717, 1.165) is 76.0 Å². The Morgan fingerprint density at radius 3 is 0.864 bits per heavy atom. The Bertz CT molecular complexity index is 215. The van der Waals surface area contributed by atoms with Crippen molar-refractivity contribution in [2.24, 2.45) is 0 Å². The normalized spacial score (nSPS) is 14.0. The predicted octanol–water partition coefficient (Wildman–Crippen LogP) is 2.78. The summed E-state index contributed by atoms with van der Waals surface area (Å²) in [6.45, 7) is 0.807. The van der Waals surface area contributed by atoms with Crippen LogP contribution in [0.4, 0.5) is 0 Å². The molecule has 22 heavy (non-hydrogen) atoms. The Kier molecular flexibility index (Phi) is 13.2. The third-order valence-electron chi connectivity index (χ3n) is 4.50. The Labute approximate surface area is 140 Å². The summed E-state index contributed by atoms with van der Waals surface area (Å²) in [6.07, 6.45) is 10.8. The first-order valence-corrected chi connectivity index (χ1v) is 12.6. The SMILES string of the molecule is OCCCCP(Cl)(CCCCO)(CCCCO)CCCCO. The zero-order valence-electron chi connectivity index (χ0n) is 13.9. The van der Waals surface area contributed by atoms with Crippen LogP contribution in [-0.4, -0.2) is 71.5 Å². The number of aliphatic hydroxyl groups excluding tert-OH is 4. The van der Waals surface area contributed by atoms with Gasteiger partial charge in [0.2, 0.25) is 0 Å². The molecule has 0 heterocycles. The molecule has 0 aromatic rings. The van der Waals surface area contributed by atoms with Crippen LogP contribution in [0.1, 0.15) is 51.4 Å². The Morgan fingerprint density at radius 2 is 0.682 bits per heavy atom. The van der Waals surface area contributed by atoms with Crippen LogP contribution >= 0.6 is 17.2 Å². The van der Waals surface area contributed by atoms with E-state index in [1.807, 2.05) is 0 Å². The molecule has 0 bridgehead atoms.